The van der Waals surface area contributed by atoms with Gasteiger partial charge in [-0.2, -0.15) is 26.3 Å². The fourth-order valence-electron chi connectivity index (χ4n) is 1.53. The average Bonchev–Trinajstić information content (AvgIpc) is 2.51. The lowest BCUT2D eigenvalue weighted by atomic mass is 10.2. The number of anilines is 1. The lowest BCUT2D eigenvalue weighted by molar-refractivity contribution is -0.193. The van der Waals surface area contributed by atoms with Crippen LogP contribution in [0.5, 0.6) is 0 Å². The molecule has 0 spiro atoms. The number of carbonyl (C=O) groups is 3. The summed E-state index contributed by atoms with van der Waals surface area (Å²) in [6.07, 6.45) is -11.5. The first-order valence-electron chi connectivity index (χ1n) is 7.56. The molecule has 29 heavy (non-hydrogen) atoms. The second-order valence-corrected chi connectivity index (χ2v) is 9.18. The number of nitrogens with one attached hydrogen (secondary N) is 1. The summed E-state index contributed by atoms with van der Waals surface area (Å²) in [7, 11) is -3.33. The van der Waals surface area contributed by atoms with Crippen LogP contribution < -0.4 is 5.32 Å². The summed E-state index contributed by atoms with van der Waals surface area (Å²) >= 11 is 0. The fraction of sp³-hybridized carbons (Fsp3) is 0.438. The lowest BCUT2D eigenvalue weighted by Gasteiger charge is -2.19. The molecule has 0 aliphatic heterocycles. The molecular weight excluding hydrogens is 432 g/mol. The van der Waals surface area contributed by atoms with Crippen molar-refractivity contribution in [1.29, 1.82) is 0 Å². The summed E-state index contributed by atoms with van der Waals surface area (Å²) in [6.45, 7) is 6.37. The van der Waals surface area contributed by atoms with Crippen LogP contribution in [0, 0.1) is 0 Å². The molecule has 0 fully saturated rings. The molecular formula is C16H17F6NO5S. The van der Waals surface area contributed by atoms with Crippen molar-refractivity contribution < 1.29 is 49.1 Å². The molecule has 6 nitrogen and oxygen atoms in total. The molecule has 1 N–H and O–H groups in total. The Morgan fingerprint density at radius 3 is 1.38 bits per heavy atom. The summed E-state index contributed by atoms with van der Waals surface area (Å²) in [4.78, 5) is 30.3. The molecule has 13 heteroatoms. The minimum absolute atomic E-state index is 0.184. The number of ketones is 2. The molecule has 0 saturated heterocycles. The average molecular weight is 449 g/mol. The van der Waals surface area contributed by atoms with E-state index in [1.165, 1.54) is 19.1 Å². The van der Waals surface area contributed by atoms with Crippen molar-refractivity contribution in [2.24, 2.45) is 0 Å². The smallest absolute Gasteiger partial charge is 0.326 e. The predicted octanol–water partition coefficient (Wildman–Crippen LogP) is 3.47. The largest absolute Gasteiger partial charge is 0.458 e. The van der Waals surface area contributed by atoms with Crippen molar-refractivity contribution in [2.45, 2.75) is 49.7 Å². The first kappa shape index (κ1) is 26.6. The third-order valence-corrected chi connectivity index (χ3v) is 5.52. The number of sulfone groups is 1. The van der Waals surface area contributed by atoms with Crippen molar-refractivity contribution in [2.75, 3.05) is 5.32 Å². The standard InChI is InChI=1S/C12H17NO3S.C4F6O2/c1-9(14)13-10-5-7-11(8-6-10)17(15,16)12(2,3)4;5-3(6,7)1(11)2(12)4(8,9)10/h5-8H,1-4H3,(H,13,14);. The zero-order valence-corrected chi connectivity index (χ0v) is 16.3. The highest BCUT2D eigenvalue weighted by atomic mass is 32.2. The van der Waals surface area contributed by atoms with Crippen LogP contribution in [0.25, 0.3) is 0 Å². The Bertz CT molecular complexity index is 841. The van der Waals surface area contributed by atoms with E-state index >= 15 is 0 Å². The van der Waals surface area contributed by atoms with Crippen molar-refractivity contribution in [3.63, 3.8) is 0 Å². The van der Waals surface area contributed by atoms with Crippen molar-refractivity contribution in [3.05, 3.63) is 24.3 Å². The molecule has 0 aliphatic carbocycles. The van der Waals surface area contributed by atoms with Crippen LogP contribution in [-0.2, 0) is 24.2 Å². The zero-order valence-electron chi connectivity index (χ0n) is 15.5. The van der Waals surface area contributed by atoms with Gasteiger partial charge in [-0.05, 0) is 45.0 Å². The minimum Gasteiger partial charge on any atom is -0.326 e. The number of carbonyl (C=O) groups excluding carboxylic acids is 3. The van der Waals surface area contributed by atoms with Crippen LogP contribution in [0.4, 0.5) is 32.0 Å². The van der Waals surface area contributed by atoms with Crippen molar-refractivity contribution in [3.8, 4) is 0 Å². The van der Waals surface area contributed by atoms with E-state index in [4.69, 9.17) is 0 Å². The second kappa shape index (κ2) is 8.93. The summed E-state index contributed by atoms with van der Waals surface area (Å²) < 4.78 is 90.3. The Kier molecular flexibility index (Phi) is 8.18. The molecule has 0 heterocycles. The van der Waals surface area contributed by atoms with E-state index in [1.807, 2.05) is 0 Å². The number of alkyl halides is 6. The van der Waals surface area contributed by atoms with E-state index in [9.17, 15) is 49.1 Å². The van der Waals surface area contributed by atoms with Gasteiger partial charge in [-0.15, -0.1) is 0 Å². The SMILES string of the molecule is CC(=O)Nc1ccc(S(=O)(=O)C(C)(C)C)cc1.O=C(C(=O)C(F)(F)F)C(F)(F)F. The van der Waals surface area contributed by atoms with E-state index in [0.29, 0.717) is 5.69 Å². The summed E-state index contributed by atoms with van der Waals surface area (Å²) in [5, 5.41) is 2.59. The molecule has 0 atom stereocenters. The van der Waals surface area contributed by atoms with Crippen LogP contribution in [0.2, 0.25) is 0 Å². The van der Waals surface area contributed by atoms with Crippen molar-refractivity contribution in [1.82, 2.24) is 0 Å². The maximum atomic E-state index is 12.1. The molecule has 0 bridgehead atoms. The van der Waals surface area contributed by atoms with Crippen LogP contribution >= 0.6 is 0 Å². The van der Waals surface area contributed by atoms with Crippen LogP contribution in [0.1, 0.15) is 27.7 Å². The number of Topliss-reactive ketones (excluding diaryl/α,β-unsaturated/α-hetero) is 2. The molecule has 0 unspecified atom stereocenters. The molecule has 0 aromatic heterocycles. The summed E-state index contributed by atoms with van der Waals surface area (Å²) in [5.41, 5.74) is 0.588. The molecule has 1 aromatic carbocycles. The molecule has 1 rings (SSSR count). The topological polar surface area (TPSA) is 97.4 Å². The Balaban J connectivity index is 0.000000578. The monoisotopic (exact) mass is 449 g/mol. The number of halogens is 6. The highest BCUT2D eigenvalue weighted by molar-refractivity contribution is 7.92. The Morgan fingerprint density at radius 1 is 0.793 bits per heavy atom. The van der Waals surface area contributed by atoms with Gasteiger partial charge < -0.3 is 5.32 Å². The van der Waals surface area contributed by atoms with Crippen LogP contribution in [0.3, 0.4) is 0 Å². The van der Waals surface area contributed by atoms with E-state index in [1.54, 1.807) is 32.9 Å². The second-order valence-electron chi connectivity index (χ2n) is 6.48. The van der Waals surface area contributed by atoms with Gasteiger partial charge in [0.2, 0.25) is 5.91 Å². The number of hydrogen-bond donors (Lipinski definition) is 1. The Morgan fingerprint density at radius 2 is 1.14 bits per heavy atom. The molecule has 0 saturated carbocycles. The molecule has 1 amide bonds. The maximum Gasteiger partial charge on any atom is 0.458 e. The third kappa shape index (κ3) is 7.83. The van der Waals surface area contributed by atoms with Crippen molar-refractivity contribution >= 4 is 33.0 Å². The van der Waals surface area contributed by atoms with Gasteiger partial charge >= 0.3 is 23.9 Å². The first-order valence-corrected chi connectivity index (χ1v) is 9.04. The zero-order chi connectivity index (χ0) is 23.4. The van der Waals surface area contributed by atoms with E-state index in [-0.39, 0.29) is 10.8 Å². The third-order valence-electron chi connectivity index (χ3n) is 3.01. The van der Waals surface area contributed by atoms with Gasteiger partial charge in [0.05, 0.1) is 9.64 Å². The molecule has 0 radical (unpaired) electrons. The van der Waals surface area contributed by atoms with Crippen LogP contribution in [0.15, 0.2) is 29.2 Å². The fourth-order valence-corrected chi connectivity index (χ4v) is 2.73. The highest BCUT2D eigenvalue weighted by Crippen LogP contribution is 2.26. The first-order chi connectivity index (χ1) is 12.7. The van der Waals surface area contributed by atoms with Gasteiger partial charge in [0, 0.05) is 12.6 Å². The van der Waals surface area contributed by atoms with Gasteiger partial charge in [0.25, 0.3) is 0 Å². The number of rotatable bonds is 3. The Labute approximate surface area is 162 Å². The minimum atomic E-state index is -5.77. The molecule has 1 aromatic rings. The van der Waals surface area contributed by atoms with Crippen LogP contribution in [-0.4, -0.2) is 43.0 Å². The summed E-state index contributed by atoms with van der Waals surface area (Å²) in [5.74, 6) is -7.00. The predicted molar refractivity (Wildman–Crippen MR) is 89.8 cm³/mol. The number of amides is 1. The maximum absolute atomic E-state index is 12.1. The van der Waals surface area contributed by atoms with E-state index in [2.05, 4.69) is 5.32 Å². The van der Waals surface area contributed by atoms with E-state index in [0.717, 1.165) is 0 Å². The van der Waals surface area contributed by atoms with Gasteiger partial charge in [0.15, 0.2) is 9.84 Å². The normalized spacial score (nSPS) is 12.5. The summed E-state index contributed by atoms with van der Waals surface area (Å²) in [6, 6.07) is 6.18. The van der Waals surface area contributed by atoms with Gasteiger partial charge in [-0.1, -0.05) is 0 Å². The molecule has 0 aliphatic rings. The van der Waals surface area contributed by atoms with E-state index < -0.39 is 38.5 Å². The van der Waals surface area contributed by atoms with Gasteiger partial charge in [-0.3, -0.25) is 14.4 Å². The highest BCUT2D eigenvalue weighted by Gasteiger charge is 2.54. The lowest BCUT2D eigenvalue weighted by Crippen LogP contribution is -2.39. The van der Waals surface area contributed by atoms with Gasteiger partial charge in [0.1, 0.15) is 0 Å². The van der Waals surface area contributed by atoms with Gasteiger partial charge in [-0.25, -0.2) is 8.42 Å². The molecule has 164 valence electrons. The quantitative estimate of drug-likeness (QED) is 0.563. The number of benzene rings is 1. The number of hydrogen-bond acceptors (Lipinski definition) is 5. The Hall–Kier alpha value is -2.44.